The third-order valence-electron chi connectivity index (χ3n) is 1.73. The van der Waals surface area contributed by atoms with E-state index in [9.17, 15) is 4.79 Å². The van der Waals surface area contributed by atoms with E-state index in [0.29, 0.717) is 13.2 Å². The van der Waals surface area contributed by atoms with E-state index in [0.717, 1.165) is 0 Å². The molecule has 0 fully saturated rings. The van der Waals surface area contributed by atoms with Gasteiger partial charge in [-0.3, -0.25) is 0 Å². The Bertz CT molecular complexity index is 169. The highest BCUT2D eigenvalue weighted by molar-refractivity contribution is 5.68. The standard InChI is InChI=1S/C10H21NO3/c1-8(2)11(6-7-13-5)10(12)14-9(3)4/h8-9H,6-7H2,1-5H3. The van der Waals surface area contributed by atoms with E-state index in [1.54, 1.807) is 12.0 Å². The third-order valence-corrected chi connectivity index (χ3v) is 1.73. The fraction of sp³-hybridized carbons (Fsp3) is 0.900. The normalized spacial score (nSPS) is 10.8. The molecular weight excluding hydrogens is 182 g/mol. The minimum Gasteiger partial charge on any atom is -0.447 e. The highest BCUT2D eigenvalue weighted by atomic mass is 16.6. The molecule has 84 valence electrons. The van der Waals surface area contributed by atoms with Gasteiger partial charge in [-0.1, -0.05) is 0 Å². The second kappa shape index (κ2) is 6.65. The van der Waals surface area contributed by atoms with E-state index in [1.807, 2.05) is 27.7 Å². The smallest absolute Gasteiger partial charge is 0.410 e. The van der Waals surface area contributed by atoms with E-state index in [1.165, 1.54) is 0 Å². The van der Waals surface area contributed by atoms with Gasteiger partial charge in [-0.05, 0) is 27.7 Å². The van der Waals surface area contributed by atoms with Gasteiger partial charge in [0.1, 0.15) is 0 Å². The topological polar surface area (TPSA) is 38.8 Å². The molecule has 0 aromatic heterocycles. The molecule has 14 heavy (non-hydrogen) atoms. The molecule has 0 bridgehead atoms. The van der Waals surface area contributed by atoms with Crippen LogP contribution < -0.4 is 0 Å². The molecular formula is C10H21NO3. The number of carbonyl (C=O) groups excluding carboxylic acids is 1. The summed E-state index contributed by atoms with van der Waals surface area (Å²) in [5, 5.41) is 0. The van der Waals surface area contributed by atoms with Crippen molar-refractivity contribution in [2.24, 2.45) is 0 Å². The summed E-state index contributed by atoms with van der Waals surface area (Å²) in [4.78, 5) is 13.2. The molecule has 0 radical (unpaired) electrons. The Hall–Kier alpha value is -0.770. The summed E-state index contributed by atoms with van der Waals surface area (Å²) in [6.07, 6.45) is -0.349. The average molecular weight is 203 g/mol. The molecule has 0 rings (SSSR count). The third kappa shape index (κ3) is 5.07. The first-order chi connectivity index (χ1) is 6.49. The lowest BCUT2D eigenvalue weighted by Gasteiger charge is -2.26. The van der Waals surface area contributed by atoms with Crippen LogP contribution in [0.3, 0.4) is 0 Å². The zero-order valence-electron chi connectivity index (χ0n) is 9.74. The second-order valence-electron chi connectivity index (χ2n) is 3.71. The SMILES string of the molecule is COCCN(C(=O)OC(C)C)C(C)C. The lowest BCUT2D eigenvalue weighted by molar-refractivity contribution is 0.0567. The van der Waals surface area contributed by atoms with E-state index >= 15 is 0 Å². The van der Waals surface area contributed by atoms with Crippen molar-refractivity contribution in [3.8, 4) is 0 Å². The number of ether oxygens (including phenoxy) is 2. The van der Waals surface area contributed by atoms with Crippen molar-refractivity contribution in [3.05, 3.63) is 0 Å². The maximum atomic E-state index is 11.5. The highest BCUT2D eigenvalue weighted by Crippen LogP contribution is 2.03. The molecule has 0 aromatic rings. The summed E-state index contributed by atoms with van der Waals surface area (Å²) in [5.74, 6) is 0. The molecule has 0 aliphatic rings. The molecule has 0 heterocycles. The Balaban J connectivity index is 4.11. The fourth-order valence-corrected chi connectivity index (χ4v) is 1.02. The van der Waals surface area contributed by atoms with E-state index in [4.69, 9.17) is 9.47 Å². The lowest BCUT2D eigenvalue weighted by Crippen LogP contribution is -2.40. The first-order valence-corrected chi connectivity index (χ1v) is 4.95. The van der Waals surface area contributed by atoms with Crippen LogP contribution in [-0.2, 0) is 9.47 Å². The van der Waals surface area contributed by atoms with Crippen molar-refractivity contribution >= 4 is 6.09 Å². The number of rotatable bonds is 5. The van der Waals surface area contributed by atoms with Crippen LogP contribution in [0.25, 0.3) is 0 Å². The van der Waals surface area contributed by atoms with Gasteiger partial charge < -0.3 is 14.4 Å². The van der Waals surface area contributed by atoms with E-state index < -0.39 is 0 Å². The summed E-state index contributed by atoms with van der Waals surface area (Å²) < 4.78 is 10.0. The Morgan fingerprint density at radius 2 is 1.86 bits per heavy atom. The monoisotopic (exact) mass is 203 g/mol. The zero-order chi connectivity index (χ0) is 11.1. The van der Waals surface area contributed by atoms with Crippen LogP contribution in [0, 0.1) is 0 Å². The highest BCUT2D eigenvalue weighted by Gasteiger charge is 2.18. The predicted molar refractivity (Wildman–Crippen MR) is 55.3 cm³/mol. The first kappa shape index (κ1) is 13.2. The molecule has 4 nitrogen and oxygen atoms in total. The van der Waals surface area contributed by atoms with Crippen LogP contribution in [0.15, 0.2) is 0 Å². The zero-order valence-corrected chi connectivity index (χ0v) is 9.74. The summed E-state index contributed by atoms with van der Waals surface area (Å²) in [5.41, 5.74) is 0. The van der Waals surface area contributed by atoms with Gasteiger partial charge in [-0.15, -0.1) is 0 Å². The van der Waals surface area contributed by atoms with Crippen LogP contribution in [0.5, 0.6) is 0 Å². The van der Waals surface area contributed by atoms with E-state index in [2.05, 4.69) is 0 Å². The number of hydrogen-bond acceptors (Lipinski definition) is 3. The van der Waals surface area contributed by atoms with Crippen LogP contribution >= 0.6 is 0 Å². The molecule has 1 amide bonds. The lowest BCUT2D eigenvalue weighted by atomic mass is 10.3. The molecule has 0 aromatic carbocycles. The Morgan fingerprint density at radius 3 is 2.21 bits per heavy atom. The summed E-state index contributed by atoms with van der Waals surface area (Å²) in [6, 6.07) is 0.136. The maximum absolute atomic E-state index is 11.5. The molecule has 0 saturated heterocycles. The summed E-state index contributed by atoms with van der Waals surface area (Å²) in [6.45, 7) is 8.69. The van der Waals surface area contributed by atoms with Crippen molar-refractivity contribution < 1.29 is 14.3 Å². The van der Waals surface area contributed by atoms with Gasteiger partial charge in [0.2, 0.25) is 0 Å². The molecule has 0 saturated carbocycles. The quantitative estimate of drug-likeness (QED) is 0.685. The molecule has 0 N–H and O–H groups in total. The number of carbonyl (C=O) groups is 1. The second-order valence-corrected chi connectivity index (χ2v) is 3.71. The summed E-state index contributed by atoms with van der Waals surface area (Å²) in [7, 11) is 1.62. The number of amides is 1. The van der Waals surface area contributed by atoms with Crippen molar-refractivity contribution in [1.82, 2.24) is 4.90 Å². The van der Waals surface area contributed by atoms with Gasteiger partial charge in [0, 0.05) is 19.7 Å². The Morgan fingerprint density at radius 1 is 1.29 bits per heavy atom. The van der Waals surface area contributed by atoms with Crippen LogP contribution in [0.2, 0.25) is 0 Å². The first-order valence-electron chi connectivity index (χ1n) is 4.95. The summed E-state index contributed by atoms with van der Waals surface area (Å²) >= 11 is 0. The maximum Gasteiger partial charge on any atom is 0.410 e. The Kier molecular flexibility index (Phi) is 6.28. The molecule has 0 atom stereocenters. The average Bonchev–Trinajstić information content (AvgIpc) is 2.02. The minimum atomic E-state index is -0.271. The number of nitrogens with zero attached hydrogens (tertiary/aromatic N) is 1. The Labute approximate surface area is 86.2 Å². The van der Waals surface area contributed by atoms with E-state index in [-0.39, 0.29) is 18.2 Å². The van der Waals surface area contributed by atoms with Gasteiger partial charge >= 0.3 is 6.09 Å². The van der Waals surface area contributed by atoms with Crippen molar-refractivity contribution in [2.45, 2.75) is 39.8 Å². The van der Waals surface area contributed by atoms with Gasteiger partial charge in [-0.25, -0.2) is 4.79 Å². The fourth-order valence-electron chi connectivity index (χ4n) is 1.02. The number of methoxy groups -OCH3 is 1. The van der Waals surface area contributed by atoms with Crippen LogP contribution in [-0.4, -0.2) is 43.4 Å². The molecule has 0 unspecified atom stereocenters. The predicted octanol–water partition coefficient (Wildman–Crippen LogP) is 1.89. The van der Waals surface area contributed by atoms with Gasteiger partial charge in [0.15, 0.2) is 0 Å². The molecule has 4 heteroatoms. The largest absolute Gasteiger partial charge is 0.447 e. The molecule has 0 aliphatic heterocycles. The van der Waals surface area contributed by atoms with Gasteiger partial charge in [0.25, 0.3) is 0 Å². The van der Waals surface area contributed by atoms with Crippen molar-refractivity contribution in [2.75, 3.05) is 20.3 Å². The van der Waals surface area contributed by atoms with Crippen molar-refractivity contribution in [1.29, 1.82) is 0 Å². The van der Waals surface area contributed by atoms with Crippen LogP contribution in [0.4, 0.5) is 4.79 Å². The van der Waals surface area contributed by atoms with Gasteiger partial charge in [0.05, 0.1) is 12.7 Å². The van der Waals surface area contributed by atoms with Gasteiger partial charge in [-0.2, -0.15) is 0 Å². The van der Waals surface area contributed by atoms with Crippen molar-refractivity contribution in [3.63, 3.8) is 0 Å². The molecule has 0 aliphatic carbocycles. The molecule has 0 spiro atoms. The number of hydrogen-bond donors (Lipinski definition) is 0. The van der Waals surface area contributed by atoms with Crippen LogP contribution in [0.1, 0.15) is 27.7 Å². The minimum absolute atomic E-state index is 0.0775.